The highest BCUT2D eigenvalue weighted by Crippen LogP contribution is 2.33. The monoisotopic (exact) mass is 586 g/mol. The summed E-state index contributed by atoms with van der Waals surface area (Å²) < 4.78 is 0. The van der Waals surface area contributed by atoms with Crippen LogP contribution in [0.1, 0.15) is 57.1 Å². The van der Waals surface area contributed by atoms with Crippen molar-refractivity contribution in [1.29, 1.82) is 0 Å². The Morgan fingerprint density at radius 1 is 0.955 bits per heavy atom. The molecule has 1 saturated heterocycles. The Morgan fingerprint density at radius 3 is 2.41 bits per heavy atom. The maximum atomic E-state index is 13.7. The lowest BCUT2D eigenvalue weighted by Crippen LogP contribution is -2.39. The number of nitrogens with one attached hydrogen (secondary N) is 2. The number of carbonyl (C=O) groups excluding carboxylic acids is 2. The van der Waals surface area contributed by atoms with Gasteiger partial charge >= 0.3 is 5.97 Å². The fraction of sp³-hybridized carbons (Fsp3) is 0.222. The minimum atomic E-state index is -1.31. The second-order valence-electron chi connectivity index (χ2n) is 11.3. The highest BCUT2D eigenvalue weighted by atomic mass is 16.4. The summed E-state index contributed by atoms with van der Waals surface area (Å²) in [5.74, 6) is -1.59. The molecule has 2 aliphatic heterocycles. The maximum Gasteiger partial charge on any atom is 0.330 e. The van der Waals surface area contributed by atoms with E-state index in [1.54, 1.807) is 6.07 Å². The van der Waals surface area contributed by atoms with Crippen molar-refractivity contribution in [3.8, 4) is 0 Å². The summed E-state index contributed by atoms with van der Waals surface area (Å²) in [7, 11) is 0. The van der Waals surface area contributed by atoms with Gasteiger partial charge in [0.15, 0.2) is 6.04 Å². The molecule has 4 aromatic rings. The molecule has 222 valence electrons. The molecular formula is C36H34N4O4. The van der Waals surface area contributed by atoms with Crippen LogP contribution in [0.2, 0.25) is 0 Å². The summed E-state index contributed by atoms with van der Waals surface area (Å²) in [6, 6.07) is 29.7. The molecule has 8 heteroatoms. The van der Waals surface area contributed by atoms with Gasteiger partial charge in [-0.3, -0.25) is 19.5 Å². The molecule has 6 rings (SSSR count). The summed E-state index contributed by atoms with van der Waals surface area (Å²) in [4.78, 5) is 46.4. The summed E-state index contributed by atoms with van der Waals surface area (Å²) in [5.41, 5.74) is 5.28. The van der Waals surface area contributed by atoms with Crippen LogP contribution in [0.15, 0.2) is 108 Å². The standard InChI is InChI=1S/C36H34N4O4/c1-23-12-10-18-27-30(23)35(42)39-32(27)33(36(43)44)38-31(25-15-6-3-7-16-25)26-17-8-9-19-28(26)37-34(41)29-20-11-21-40(29)22-24-13-4-2-5-14-24/h2-10,12-19,29,32-33H,11,20-22H2,1H3,(H,37,41)(H,39,42)(H,43,44). The Bertz CT molecular complexity index is 1720. The number of carboxylic acid groups (broad SMARTS) is 1. The number of aliphatic carboxylic acids is 1. The van der Waals surface area contributed by atoms with Crippen LogP contribution in [0.4, 0.5) is 5.69 Å². The highest BCUT2D eigenvalue weighted by Gasteiger charge is 2.39. The number of amides is 2. The summed E-state index contributed by atoms with van der Waals surface area (Å²) in [6.45, 7) is 3.35. The van der Waals surface area contributed by atoms with Gasteiger partial charge in [0.1, 0.15) is 0 Å². The number of carboxylic acids is 1. The average Bonchev–Trinajstić information content (AvgIpc) is 3.63. The topological polar surface area (TPSA) is 111 Å². The molecule has 0 bridgehead atoms. The number of aryl methyl sites for hydroxylation is 1. The quantitative estimate of drug-likeness (QED) is 0.228. The van der Waals surface area contributed by atoms with Crippen molar-refractivity contribution in [3.05, 3.63) is 137 Å². The van der Waals surface area contributed by atoms with Gasteiger partial charge in [-0.25, -0.2) is 4.79 Å². The first kappa shape index (κ1) is 29.0. The fourth-order valence-corrected chi connectivity index (χ4v) is 6.25. The van der Waals surface area contributed by atoms with E-state index in [9.17, 15) is 19.5 Å². The molecule has 4 aromatic carbocycles. The number of carbonyl (C=O) groups is 3. The summed E-state index contributed by atoms with van der Waals surface area (Å²) in [5, 5.41) is 16.4. The average molecular weight is 587 g/mol. The number of benzene rings is 4. The molecular weight excluding hydrogens is 552 g/mol. The van der Waals surface area contributed by atoms with E-state index in [-0.39, 0.29) is 17.9 Å². The number of anilines is 1. The number of para-hydroxylation sites is 1. The predicted octanol–water partition coefficient (Wildman–Crippen LogP) is 5.37. The summed E-state index contributed by atoms with van der Waals surface area (Å²) >= 11 is 0. The Hall–Kier alpha value is -5.08. The van der Waals surface area contributed by atoms with Crippen LogP contribution in [-0.2, 0) is 16.1 Å². The van der Waals surface area contributed by atoms with Crippen molar-refractivity contribution in [2.45, 2.75) is 44.4 Å². The van der Waals surface area contributed by atoms with Crippen LogP contribution in [-0.4, -0.2) is 52.1 Å². The van der Waals surface area contributed by atoms with Crippen molar-refractivity contribution >= 4 is 29.2 Å². The number of likely N-dealkylation sites (tertiary alicyclic amines) is 1. The first-order chi connectivity index (χ1) is 21.4. The second-order valence-corrected chi connectivity index (χ2v) is 11.3. The molecule has 0 aliphatic carbocycles. The molecule has 2 aliphatic rings. The number of hydrogen-bond donors (Lipinski definition) is 3. The summed E-state index contributed by atoms with van der Waals surface area (Å²) in [6.07, 6.45) is 1.68. The van der Waals surface area contributed by atoms with Gasteiger partial charge in [0, 0.05) is 23.2 Å². The zero-order chi connectivity index (χ0) is 30.6. The van der Waals surface area contributed by atoms with E-state index in [2.05, 4.69) is 27.7 Å². The maximum absolute atomic E-state index is 13.7. The molecule has 8 nitrogen and oxygen atoms in total. The van der Waals surface area contributed by atoms with Gasteiger partial charge in [-0.15, -0.1) is 0 Å². The third-order valence-corrected chi connectivity index (χ3v) is 8.37. The molecule has 1 fully saturated rings. The van der Waals surface area contributed by atoms with Crippen molar-refractivity contribution in [3.63, 3.8) is 0 Å². The first-order valence-electron chi connectivity index (χ1n) is 14.9. The van der Waals surface area contributed by atoms with Crippen molar-refractivity contribution in [2.24, 2.45) is 4.99 Å². The highest BCUT2D eigenvalue weighted by molar-refractivity contribution is 6.18. The third kappa shape index (κ3) is 5.89. The molecule has 0 radical (unpaired) electrons. The lowest BCUT2D eigenvalue weighted by atomic mass is 9.95. The molecule has 2 heterocycles. The lowest BCUT2D eigenvalue weighted by Gasteiger charge is -2.25. The van der Waals surface area contributed by atoms with Crippen molar-refractivity contribution in [2.75, 3.05) is 11.9 Å². The SMILES string of the molecule is Cc1cccc2c1C(=O)NC2C(N=C(c1ccccc1)c1ccccc1NC(=O)C1CCCN1Cc1ccccc1)C(=O)O. The molecule has 0 aromatic heterocycles. The van der Waals surface area contributed by atoms with Gasteiger partial charge in [0.2, 0.25) is 5.91 Å². The molecule has 2 amide bonds. The number of aliphatic imine (C=N–C) groups is 1. The van der Waals surface area contributed by atoms with E-state index in [1.807, 2.05) is 91.9 Å². The van der Waals surface area contributed by atoms with E-state index in [0.29, 0.717) is 40.2 Å². The number of rotatable bonds is 9. The van der Waals surface area contributed by atoms with Crippen molar-refractivity contribution < 1.29 is 19.5 Å². The van der Waals surface area contributed by atoms with Gasteiger partial charge in [-0.1, -0.05) is 97.1 Å². The van der Waals surface area contributed by atoms with Gasteiger partial charge in [-0.05, 0) is 49.1 Å². The Labute approximate surface area is 256 Å². The predicted molar refractivity (Wildman–Crippen MR) is 170 cm³/mol. The lowest BCUT2D eigenvalue weighted by molar-refractivity contribution is -0.139. The molecule has 0 saturated carbocycles. The number of fused-ring (bicyclic) bond motifs is 1. The van der Waals surface area contributed by atoms with E-state index >= 15 is 0 Å². The van der Waals surface area contributed by atoms with Gasteiger partial charge < -0.3 is 15.7 Å². The van der Waals surface area contributed by atoms with E-state index in [0.717, 1.165) is 30.5 Å². The molecule has 3 unspecified atom stereocenters. The minimum absolute atomic E-state index is 0.111. The fourth-order valence-electron chi connectivity index (χ4n) is 6.25. The smallest absolute Gasteiger partial charge is 0.330 e. The van der Waals surface area contributed by atoms with Crippen molar-refractivity contribution in [1.82, 2.24) is 10.2 Å². The zero-order valence-corrected chi connectivity index (χ0v) is 24.4. The van der Waals surface area contributed by atoms with Crippen LogP contribution in [0.5, 0.6) is 0 Å². The van der Waals surface area contributed by atoms with Crippen LogP contribution in [0.25, 0.3) is 0 Å². The second kappa shape index (κ2) is 12.7. The Morgan fingerprint density at radius 2 is 1.66 bits per heavy atom. The van der Waals surface area contributed by atoms with Crippen LogP contribution in [0.3, 0.4) is 0 Å². The minimum Gasteiger partial charge on any atom is -0.480 e. The number of hydrogen-bond acceptors (Lipinski definition) is 5. The number of nitrogens with zero attached hydrogens (tertiary/aromatic N) is 2. The van der Waals surface area contributed by atoms with E-state index in [1.165, 1.54) is 0 Å². The molecule has 0 spiro atoms. The van der Waals surface area contributed by atoms with E-state index < -0.39 is 18.1 Å². The van der Waals surface area contributed by atoms with Crippen LogP contribution < -0.4 is 10.6 Å². The Kier molecular flexibility index (Phi) is 8.34. The molecule has 3 N–H and O–H groups in total. The first-order valence-corrected chi connectivity index (χ1v) is 14.9. The van der Waals surface area contributed by atoms with Crippen LogP contribution >= 0.6 is 0 Å². The third-order valence-electron chi connectivity index (χ3n) is 8.37. The zero-order valence-electron chi connectivity index (χ0n) is 24.4. The largest absolute Gasteiger partial charge is 0.480 e. The molecule has 44 heavy (non-hydrogen) atoms. The molecule has 3 atom stereocenters. The van der Waals surface area contributed by atoms with Gasteiger partial charge in [0.05, 0.1) is 23.5 Å². The normalized spacial score (nSPS) is 18.8. The van der Waals surface area contributed by atoms with Crippen LogP contribution in [0, 0.1) is 6.92 Å². The van der Waals surface area contributed by atoms with Gasteiger partial charge in [-0.2, -0.15) is 0 Å². The van der Waals surface area contributed by atoms with E-state index in [4.69, 9.17) is 4.99 Å². The van der Waals surface area contributed by atoms with Gasteiger partial charge in [0.25, 0.3) is 5.91 Å². The Balaban J connectivity index is 1.36.